The average Bonchev–Trinajstić information content (AvgIpc) is 2.91. The molecule has 0 aliphatic carbocycles. The van der Waals surface area contributed by atoms with Crippen LogP contribution in [0.15, 0.2) is 35.1 Å². The molecule has 1 unspecified atom stereocenters. The Kier molecular flexibility index (Phi) is 4.23. The van der Waals surface area contributed by atoms with Crippen molar-refractivity contribution in [1.82, 2.24) is 9.97 Å². The van der Waals surface area contributed by atoms with Crippen molar-refractivity contribution in [3.63, 3.8) is 0 Å². The van der Waals surface area contributed by atoms with E-state index in [1.807, 2.05) is 0 Å². The molecular weight excluding hydrogens is 275 g/mol. The van der Waals surface area contributed by atoms with Gasteiger partial charge in [0.25, 0.3) is 0 Å². The van der Waals surface area contributed by atoms with Crippen LogP contribution in [-0.2, 0) is 10.9 Å². The van der Waals surface area contributed by atoms with Crippen LogP contribution < -0.4 is 5.32 Å². The summed E-state index contributed by atoms with van der Waals surface area (Å²) in [5.74, 6) is 0.381. The number of halogens is 3. The number of methoxy groups -OCH3 is 1. The number of nitrogens with zero attached hydrogens (tertiary/aromatic N) is 2. The molecule has 20 heavy (non-hydrogen) atoms. The lowest BCUT2D eigenvalue weighted by Gasteiger charge is -2.16. The minimum Gasteiger partial charge on any atom is -0.467 e. The van der Waals surface area contributed by atoms with E-state index in [0.717, 1.165) is 12.3 Å². The third kappa shape index (κ3) is 3.47. The standard InChI is InChI=1S/C12H12F3N3O2/c1-19-7-8(9-3-2-6-20-9)17-11-16-5-4-10(18-11)12(13,14)15/h2-6,8H,7H2,1H3,(H,16,17,18). The summed E-state index contributed by atoms with van der Waals surface area (Å²) in [7, 11) is 1.48. The molecule has 1 atom stereocenters. The summed E-state index contributed by atoms with van der Waals surface area (Å²) in [5.41, 5.74) is -1.01. The highest BCUT2D eigenvalue weighted by Crippen LogP contribution is 2.28. The first-order chi connectivity index (χ1) is 9.50. The van der Waals surface area contributed by atoms with Gasteiger partial charge in [0, 0.05) is 13.3 Å². The fourth-order valence-corrected chi connectivity index (χ4v) is 1.59. The monoisotopic (exact) mass is 287 g/mol. The highest BCUT2D eigenvalue weighted by Gasteiger charge is 2.33. The van der Waals surface area contributed by atoms with E-state index < -0.39 is 17.9 Å². The Morgan fingerprint density at radius 3 is 2.80 bits per heavy atom. The number of hydrogen-bond donors (Lipinski definition) is 1. The molecule has 0 amide bonds. The van der Waals surface area contributed by atoms with Gasteiger partial charge in [0.05, 0.1) is 12.9 Å². The Morgan fingerprint density at radius 2 is 2.20 bits per heavy atom. The lowest BCUT2D eigenvalue weighted by atomic mass is 10.2. The number of rotatable bonds is 5. The summed E-state index contributed by atoms with van der Waals surface area (Å²) in [4.78, 5) is 7.20. The Bertz CT molecular complexity index is 543. The van der Waals surface area contributed by atoms with Crippen LogP contribution in [0.5, 0.6) is 0 Å². The quantitative estimate of drug-likeness (QED) is 0.916. The predicted molar refractivity (Wildman–Crippen MR) is 64.0 cm³/mol. The van der Waals surface area contributed by atoms with Gasteiger partial charge in [-0.2, -0.15) is 13.2 Å². The molecule has 2 aromatic rings. The van der Waals surface area contributed by atoms with Gasteiger partial charge in [-0.15, -0.1) is 0 Å². The summed E-state index contributed by atoms with van der Waals surface area (Å²) in [6.07, 6.45) is -2.00. The second kappa shape index (κ2) is 5.91. The van der Waals surface area contributed by atoms with Crippen molar-refractivity contribution in [3.8, 4) is 0 Å². The molecule has 0 aromatic carbocycles. The van der Waals surface area contributed by atoms with Crippen LogP contribution >= 0.6 is 0 Å². The second-order valence-corrected chi connectivity index (χ2v) is 3.93. The van der Waals surface area contributed by atoms with Gasteiger partial charge in [-0.3, -0.25) is 0 Å². The second-order valence-electron chi connectivity index (χ2n) is 3.93. The molecule has 0 saturated carbocycles. The highest BCUT2D eigenvalue weighted by molar-refractivity contribution is 5.30. The molecule has 0 saturated heterocycles. The van der Waals surface area contributed by atoms with Crippen molar-refractivity contribution in [3.05, 3.63) is 42.1 Å². The largest absolute Gasteiger partial charge is 0.467 e. The minimum absolute atomic E-state index is 0.140. The number of alkyl halides is 3. The van der Waals surface area contributed by atoms with E-state index >= 15 is 0 Å². The van der Waals surface area contributed by atoms with Crippen molar-refractivity contribution in [2.24, 2.45) is 0 Å². The van der Waals surface area contributed by atoms with Crippen LogP contribution in [-0.4, -0.2) is 23.7 Å². The summed E-state index contributed by atoms with van der Waals surface area (Å²) in [5, 5.41) is 2.75. The number of hydrogen-bond acceptors (Lipinski definition) is 5. The first-order valence-electron chi connectivity index (χ1n) is 5.70. The molecule has 2 rings (SSSR count). The maximum Gasteiger partial charge on any atom is 0.433 e. The van der Waals surface area contributed by atoms with Crippen LogP contribution in [0.2, 0.25) is 0 Å². The van der Waals surface area contributed by atoms with E-state index in [1.165, 1.54) is 13.4 Å². The van der Waals surface area contributed by atoms with E-state index in [1.54, 1.807) is 12.1 Å². The number of ether oxygens (including phenoxy) is 1. The van der Waals surface area contributed by atoms with Crippen molar-refractivity contribution in [2.75, 3.05) is 19.0 Å². The smallest absolute Gasteiger partial charge is 0.433 e. The number of nitrogens with one attached hydrogen (secondary N) is 1. The third-order valence-electron chi connectivity index (χ3n) is 2.47. The molecule has 0 aliphatic heterocycles. The van der Waals surface area contributed by atoms with E-state index in [0.29, 0.717) is 5.76 Å². The first kappa shape index (κ1) is 14.3. The minimum atomic E-state index is -4.51. The molecular formula is C12H12F3N3O2. The maximum absolute atomic E-state index is 12.6. The van der Waals surface area contributed by atoms with Crippen LogP contribution in [0.1, 0.15) is 17.5 Å². The fourth-order valence-electron chi connectivity index (χ4n) is 1.59. The SMILES string of the molecule is COCC(Nc1nccc(C(F)(F)F)n1)c1ccco1. The van der Waals surface area contributed by atoms with E-state index in [-0.39, 0.29) is 12.6 Å². The molecule has 0 spiro atoms. The number of furan rings is 1. The molecule has 0 radical (unpaired) electrons. The Morgan fingerprint density at radius 1 is 1.40 bits per heavy atom. The zero-order chi connectivity index (χ0) is 14.6. The van der Waals surface area contributed by atoms with E-state index in [4.69, 9.17) is 9.15 Å². The Hall–Kier alpha value is -2.09. The Balaban J connectivity index is 2.19. The highest BCUT2D eigenvalue weighted by atomic mass is 19.4. The molecule has 0 fully saturated rings. The number of anilines is 1. The topological polar surface area (TPSA) is 60.2 Å². The van der Waals surface area contributed by atoms with Gasteiger partial charge < -0.3 is 14.5 Å². The molecule has 108 valence electrons. The van der Waals surface area contributed by atoms with Gasteiger partial charge in [0.15, 0.2) is 0 Å². The molecule has 0 bridgehead atoms. The zero-order valence-corrected chi connectivity index (χ0v) is 10.5. The molecule has 2 heterocycles. The van der Waals surface area contributed by atoms with Gasteiger partial charge in [-0.05, 0) is 18.2 Å². The van der Waals surface area contributed by atoms with Gasteiger partial charge in [-0.1, -0.05) is 0 Å². The molecule has 0 aliphatic rings. The molecule has 5 nitrogen and oxygen atoms in total. The van der Waals surface area contributed by atoms with E-state index in [2.05, 4.69) is 15.3 Å². The Labute approximate surface area is 112 Å². The summed E-state index contributed by atoms with van der Waals surface area (Å²) >= 11 is 0. The van der Waals surface area contributed by atoms with Crippen LogP contribution in [0.4, 0.5) is 19.1 Å². The van der Waals surface area contributed by atoms with Crippen LogP contribution in [0.25, 0.3) is 0 Å². The van der Waals surface area contributed by atoms with Gasteiger partial charge in [0.2, 0.25) is 5.95 Å². The lowest BCUT2D eigenvalue weighted by Crippen LogP contribution is -2.18. The fraction of sp³-hybridized carbons (Fsp3) is 0.333. The lowest BCUT2D eigenvalue weighted by molar-refractivity contribution is -0.141. The summed E-state index contributed by atoms with van der Waals surface area (Å²) in [6, 6.07) is 3.69. The predicted octanol–water partition coefficient (Wildman–Crippen LogP) is 2.89. The first-order valence-corrected chi connectivity index (χ1v) is 5.70. The van der Waals surface area contributed by atoms with Crippen molar-refractivity contribution < 1.29 is 22.3 Å². The van der Waals surface area contributed by atoms with E-state index in [9.17, 15) is 13.2 Å². The summed E-state index contributed by atoms with van der Waals surface area (Å²) < 4.78 is 47.9. The van der Waals surface area contributed by atoms with Crippen molar-refractivity contribution in [1.29, 1.82) is 0 Å². The normalized spacial score (nSPS) is 13.2. The van der Waals surface area contributed by atoms with Crippen LogP contribution in [0.3, 0.4) is 0 Å². The zero-order valence-electron chi connectivity index (χ0n) is 10.5. The van der Waals surface area contributed by atoms with Gasteiger partial charge in [0.1, 0.15) is 17.5 Å². The molecule has 1 N–H and O–H groups in total. The maximum atomic E-state index is 12.6. The molecule has 8 heteroatoms. The third-order valence-corrected chi connectivity index (χ3v) is 2.47. The molecule has 2 aromatic heterocycles. The average molecular weight is 287 g/mol. The number of aromatic nitrogens is 2. The van der Waals surface area contributed by atoms with Crippen molar-refractivity contribution >= 4 is 5.95 Å². The van der Waals surface area contributed by atoms with Gasteiger partial charge in [-0.25, -0.2) is 9.97 Å². The van der Waals surface area contributed by atoms with Gasteiger partial charge >= 0.3 is 6.18 Å². The summed E-state index contributed by atoms with van der Waals surface area (Å²) in [6.45, 7) is 0.202. The van der Waals surface area contributed by atoms with Crippen molar-refractivity contribution in [2.45, 2.75) is 12.2 Å². The van der Waals surface area contributed by atoms with Crippen LogP contribution in [0, 0.1) is 0 Å².